The molecule has 0 saturated carbocycles. The van der Waals surface area contributed by atoms with Crippen LogP contribution in [0.3, 0.4) is 0 Å². The van der Waals surface area contributed by atoms with Gasteiger partial charge in [0, 0.05) is 25.1 Å². The maximum Gasteiger partial charge on any atom is 0.272 e. The Balaban J connectivity index is 2.05. The molecule has 6 nitrogen and oxygen atoms in total. The molecule has 18 heavy (non-hydrogen) atoms. The number of halogens is 1. The Bertz CT molecular complexity index is 482. The molecule has 1 fully saturated rings. The Labute approximate surface area is 102 Å². The van der Waals surface area contributed by atoms with Crippen LogP contribution < -0.4 is 10.6 Å². The minimum atomic E-state index is -0.666. The lowest BCUT2D eigenvalue weighted by Crippen LogP contribution is -2.42. The number of piperidine rings is 1. The first-order valence-electron chi connectivity index (χ1n) is 5.53. The Hall–Kier alpha value is -2.18. The molecule has 1 aliphatic heterocycles. The van der Waals surface area contributed by atoms with E-state index in [1.807, 2.05) is 0 Å². The molecular weight excluding hydrogens is 241 g/mol. The summed E-state index contributed by atoms with van der Waals surface area (Å²) >= 11 is 0. The zero-order valence-corrected chi connectivity index (χ0v) is 9.48. The Kier molecular flexibility index (Phi) is 3.40. The summed E-state index contributed by atoms with van der Waals surface area (Å²) in [4.78, 5) is 20.8. The van der Waals surface area contributed by atoms with Crippen molar-refractivity contribution in [2.45, 2.75) is 18.9 Å². The summed E-state index contributed by atoms with van der Waals surface area (Å²) in [7, 11) is 0. The SMILES string of the molecule is O=C1CCC(Nc2ccc([N+](=O)[O-])cc2F)CN1. The van der Waals surface area contributed by atoms with Crippen LogP contribution in [0.2, 0.25) is 0 Å². The molecule has 1 aliphatic rings. The first-order chi connectivity index (χ1) is 8.56. The van der Waals surface area contributed by atoms with Crippen molar-refractivity contribution < 1.29 is 14.1 Å². The van der Waals surface area contributed by atoms with Crippen molar-refractivity contribution in [1.29, 1.82) is 0 Å². The van der Waals surface area contributed by atoms with Gasteiger partial charge < -0.3 is 10.6 Å². The number of nitrogens with one attached hydrogen (secondary N) is 2. The molecule has 1 aromatic carbocycles. The smallest absolute Gasteiger partial charge is 0.272 e. The van der Waals surface area contributed by atoms with Crippen molar-refractivity contribution in [3.63, 3.8) is 0 Å². The molecule has 1 saturated heterocycles. The number of nitrogens with zero attached hydrogens (tertiary/aromatic N) is 1. The van der Waals surface area contributed by atoms with Crippen LogP contribution in [0, 0.1) is 15.9 Å². The first-order valence-corrected chi connectivity index (χ1v) is 5.53. The zero-order valence-electron chi connectivity index (χ0n) is 9.48. The number of benzene rings is 1. The van der Waals surface area contributed by atoms with Gasteiger partial charge in [0.05, 0.1) is 16.7 Å². The van der Waals surface area contributed by atoms with E-state index in [9.17, 15) is 19.3 Å². The molecule has 2 N–H and O–H groups in total. The predicted octanol–water partition coefficient (Wildman–Crippen LogP) is 1.42. The van der Waals surface area contributed by atoms with Crippen molar-refractivity contribution in [1.82, 2.24) is 5.32 Å². The molecule has 0 aromatic heterocycles. The standard InChI is InChI=1S/C11H12FN3O3/c12-9-5-8(15(17)18)2-3-10(9)14-7-1-4-11(16)13-6-7/h2-3,5,7,14H,1,4,6H2,(H,13,16). The summed E-state index contributed by atoms with van der Waals surface area (Å²) in [5.74, 6) is -0.682. The number of nitro groups is 1. The van der Waals surface area contributed by atoms with Gasteiger partial charge in [-0.3, -0.25) is 14.9 Å². The van der Waals surface area contributed by atoms with E-state index in [2.05, 4.69) is 10.6 Å². The average molecular weight is 253 g/mol. The van der Waals surface area contributed by atoms with Gasteiger partial charge in [0.2, 0.25) is 5.91 Å². The Morgan fingerprint density at radius 1 is 1.50 bits per heavy atom. The molecule has 1 unspecified atom stereocenters. The van der Waals surface area contributed by atoms with Crippen LogP contribution in [0.25, 0.3) is 0 Å². The minimum Gasteiger partial charge on any atom is -0.378 e. The lowest BCUT2D eigenvalue weighted by molar-refractivity contribution is -0.385. The van der Waals surface area contributed by atoms with E-state index < -0.39 is 10.7 Å². The topological polar surface area (TPSA) is 84.3 Å². The van der Waals surface area contributed by atoms with Crippen molar-refractivity contribution in [3.05, 3.63) is 34.1 Å². The van der Waals surface area contributed by atoms with Gasteiger partial charge in [-0.2, -0.15) is 0 Å². The maximum absolute atomic E-state index is 13.6. The Morgan fingerprint density at radius 2 is 2.28 bits per heavy atom. The number of anilines is 1. The second-order valence-corrected chi connectivity index (χ2v) is 4.11. The average Bonchev–Trinajstić information content (AvgIpc) is 2.34. The summed E-state index contributed by atoms with van der Waals surface area (Å²) in [5, 5.41) is 16.1. The summed E-state index contributed by atoms with van der Waals surface area (Å²) < 4.78 is 13.6. The van der Waals surface area contributed by atoms with Crippen molar-refractivity contribution >= 4 is 17.3 Å². The number of non-ortho nitro benzene ring substituents is 1. The number of amides is 1. The summed E-state index contributed by atoms with van der Waals surface area (Å²) in [6, 6.07) is 3.40. The van der Waals surface area contributed by atoms with Crippen molar-refractivity contribution in [3.8, 4) is 0 Å². The number of nitro benzene ring substituents is 1. The van der Waals surface area contributed by atoms with Gasteiger partial charge in [0.1, 0.15) is 0 Å². The van der Waals surface area contributed by atoms with Crippen molar-refractivity contribution in [2.75, 3.05) is 11.9 Å². The maximum atomic E-state index is 13.6. The van der Waals surface area contributed by atoms with Gasteiger partial charge >= 0.3 is 0 Å². The van der Waals surface area contributed by atoms with Gasteiger partial charge in [-0.1, -0.05) is 0 Å². The third-order valence-electron chi connectivity index (χ3n) is 2.79. The van der Waals surface area contributed by atoms with Gasteiger partial charge in [-0.15, -0.1) is 0 Å². The van der Waals surface area contributed by atoms with Crippen LogP contribution in [0.15, 0.2) is 18.2 Å². The number of rotatable bonds is 3. The quantitative estimate of drug-likeness (QED) is 0.630. The fourth-order valence-electron chi connectivity index (χ4n) is 1.81. The summed E-state index contributed by atoms with van der Waals surface area (Å²) in [6.45, 7) is 0.426. The highest BCUT2D eigenvalue weighted by molar-refractivity contribution is 5.77. The van der Waals surface area contributed by atoms with Crippen LogP contribution in [-0.4, -0.2) is 23.4 Å². The lowest BCUT2D eigenvalue weighted by atomic mass is 10.1. The van der Waals surface area contributed by atoms with Crippen LogP contribution in [-0.2, 0) is 4.79 Å². The molecule has 0 aliphatic carbocycles. The zero-order chi connectivity index (χ0) is 13.1. The molecule has 0 spiro atoms. The molecule has 7 heteroatoms. The monoisotopic (exact) mass is 253 g/mol. The first kappa shape index (κ1) is 12.3. The van der Waals surface area contributed by atoms with Crippen LogP contribution in [0.1, 0.15) is 12.8 Å². The van der Waals surface area contributed by atoms with Crippen molar-refractivity contribution in [2.24, 2.45) is 0 Å². The fraction of sp³-hybridized carbons (Fsp3) is 0.364. The predicted molar refractivity (Wildman–Crippen MR) is 62.7 cm³/mol. The second kappa shape index (κ2) is 4.99. The Morgan fingerprint density at radius 3 is 2.83 bits per heavy atom. The van der Waals surface area contributed by atoms with E-state index in [-0.39, 0.29) is 23.3 Å². The lowest BCUT2D eigenvalue weighted by Gasteiger charge is -2.24. The molecule has 1 heterocycles. The molecule has 96 valence electrons. The highest BCUT2D eigenvalue weighted by Gasteiger charge is 2.19. The van der Waals surface area contributed by atoms with Gasteiger partial charge in [0.15, 0.2) is 5.82 Å². The van der Waals surface area contributed by atoms with E-state index in [0.717, 1.165) is 6.07 Å². The normalized spacial score (nSPS) is 19.2. The summed E-state index contributed by atoms with van der Waals surface area (Å²) in [6.07, 6.45) is 1.01. The molecular formula is C11H12FN3O3. The number of hydrogen-bond donors (Lipinski definition) is 2. The third-order valence-corrected chi connectivity index (χ3v) is 2.79. The molecule has 1 aromatic rings. The number of carbonyl (C=O) groups is 1. The van der Waals surface area contributed by atoms with E-state index in [1.54, 1.807) is 0 Å². The molecule has 1 amide bonds. The van der Waals surface area contributed by atoms with E-state index in [4.69, 9.17) is 0 Å². The second-order valence-electron chi connectivity index (χ2n) is 4.11. The number of carbonyl (C=O) groups excluding carboxylic acids is 1. The van der Waals surface area contributed by atoms with Gasteiger partial charge in [-0.25, -0.2) is 4.39 Å². The van der Waals surface area contributed by atoms with Gasteiger partial charge in [0.25, 0.3) is 5.69 Å². The summed E-state index contributed by atoms with van der Waals surface area (Å²) in [5.41, 5.74) is -0.0725. The van der Waals surface area contributed by atoms with Gasteiger partial charge in [-0.05, 0) is 12.5 Å². The van der Waals surface area contributed by atoms with E-state index in [1.165, 1.54) is 12.1 Å². The highest BCUT2D eigenvalue weighted by atomic mass is 19.1. The highest BCUT2D eigenvalue weighted by Crippen LogP contribution is 2.22. The molecule has 0 radical (unpaired) electrons. The fourth-order valence-corrected chi connectivity index (χ4v) is 1.81. The van der Waals surface area contributed by atoms with Crippen LogP contribution in [0.5, 0.6) is 0 Å². The number of hydrogen-bond acceptors (Lipinski definition) is 4. The minimum absolute atomic E-state index is 0.0165. The van der Waals surface area contributed by atoms with Crippen LogP contribution in [0.4, 0.5) is 15.8 Å². The van der Waals surface area contributed by atoms with Crippen LogP contribution >= 0.6 is 0 Å². The molecule has 1 atom stereocenters. The largest absolute Gasteiger partial charge is 0.378 e. The molecule has 0 bridgehead atoms. The molecule has 2 rings (SSSR count). The van der Waals surface area contributed by atoms with E-state index in [0.29, 0.717) is 19.4 Å². The third kappa shape index (κ3) is 2.73. The van der Waals surface area contributed by atoms with E-state index >= 15 is 0 Å².